The summed E-state index contributed by atoms with van der Waals surface area (Å²) in [7, 11) is 1.82. The number of carbonyl (C=O) groups is 1. The summed E-state index contributed by atoms with van der Waals surface area (Å²) in [6.07, 6.45) is 4.81. The summed E-state index contributed by atoms with van der Waals surface area (Å²) < 4.78 is 3.17. The number of hydrogen-bond donors (Lipinski definition) is 2. The molecule has 2 aliphatic heterocycles. The van der Waals surface area contributed by atoms with E-state index in [4.69, 9.17) is 5.73 Å². The van der Waals surface area contributed by atoms with Gasteiger partial charge in [0.05, 0.1) is 24.2 Å². The number of nitrogens with zero attached hydrogens (tertiary/aromatic N) is 6. The van der Waals surface area contributed by atoms with Crippen LogP contribution in [0.1, 0.15) is 56.1 Å². The van der Waals surface area contributed by atoms with Gasteiger partial charge in [0.2, 0.25) is 5.91 Å². The minimum absolute atomic E-state index is 0.0916. The Hall–Kier alpha value is -3.86. The normalized spacial score (nSPS) is 18.5. The summed E-state index contributed by atoms with van der Waals surface area (Å²) in [6.45, 7) is 6.01. The number of amides is 1. The Labute approximate surface area is 258 Å². The highest BCUT2D eigenvalue weighted by atomic mass is 16.3. The van der Waals surface area contributed by atoms with Crippen molar-refractivity contribution in [2.24, 2.45) is 12.8 Å². The zero-order chi connectivity index (χ0) is 30.8. The van der Waals surface area contributed by atoms with Gasteiger partial charge in [-0.15, -0.1) is 0 Å². The Kier molecular flexibility index (Phi) is 8.66. The van der Waals surface area contributed by atoms with Crippen molar-refractivity contribution in [1.29, 1.82) is 0 Å². The second kappa shape index (κ2) is 12.6. The van der Waals surface area contributed by atoms with Crippen molar-refractivity contribution in [2.45, 2.75) is 69.7 Å². The van der Waals surface area contributed by atoms with Crippen LogP contribution in [0.25, 0.3) is 22.3 Å². The molecule has 44 heavy (non-hydrogen) atoms. The predicted molar refractivity (Wildman–Crippen MR) is 171 cm³/mol. The van der Waals surface area contributed by atoms with Crippen molar-refractivity contribution in [3.63, 3.8) is 0 Å². The highest BCUT2D eigenvalue weighted by Crippen LogP contribution is 2.28. The Morgan fingerprint density at radius 2 is 1.70 bits per heavy atom. The van der Waals surface area contributed by atoms with Crippen LogP contribution in [0.5, 0.6) is 0 Å². The molecule has 232 valence electrons. The summed E-state index contributed by atoms with van der Waals surface area (Å²) >= 11 is 0. The SMILES string of the molecule is C[C@H](CC(=O)N1CCC(O)(Cn2cnc3c(-c4ccc(CN5CCC(N)CC5)cc4)n(C)nc3c2=O)CC1)c1ccccc1. The number of fused-ring (bicyclic) bond motifs is 1. The van der Waals surface area contributed by atoms with Crippen LogP contribution < -0.4 is 11.3 Å². The lowest BCUT2D eigenvalue weighted by molar-refractivity contribution is -0.136. The molecule has 2 aliphatic rings. The average molecular weight is 598 g/mol. The predicted octanol–water partition coefficient (Wildman–Crippen LogP) is 3.27. The van der Waals surface area contributed by atoms with E-state index in [-0.39, 0.29) is 29.4 Å². The second-order valence-corrected chi connectivity index (χ2v) is 12.8. The number of aromatic nitrogens is 4. The number of piperidine rings is 2. The highest BCUT2D eigenvalue weighted by molar-refractivity contribution is 5.89. The summed E-state index contributed by atoms with van der Waals surface area (Å²) in [5, 5.41) is 16.0. The standard InChI is InChI=1S/C34H43N7O3/c1-24(26-6-4-3-5-7-26)20-29(42)40-18-14-34(44,15-19-40)22-41-23-36-30-31(33(41)43)37-38(2)32(30)27-10-8-25(9-11-27)21-39-16-12-28(35)13-17-39/h3-11,23-24,28,44H,12-22,35H2,1-2H3/t24-/m1/s1. The Balaban J connectivity index is 1.11. The molecular formula is C34H43N7O3. The van der Waals surface area contributed by atoms with E-state index in [2.05, 4.69) is 46.2 Å². The third-order valence-corrected chi connectivity index (χ3v) is 9.44. The average Bonchev–Trinajstić information content (AvgIpc) is 3.37. The lowest BCUT2D eigenvalue weighted by Gasteiger charge is -2.38. The van der Waals surface area contributed by atoms with Gasteiger partial charge in [-0.05, 0) is 55.8 Å². The molecule has 10 heteroatoms. The van der Waals surface area contributed by atoms with E-state index in [1.165, 1.54) is 16.5 Å². The fraction of sp³-hybridized carbons (Fsp3) is 0.471. The van der Waals surface area contributed by atoms with Gasteiger partial charge in [0.25, 0.3) is 5.56 Å². The number of rotatable bonds is 8. The zero-order valence-electron chi connectivity index (χ0n) is 25.7. The summed E-state index contributed by atoms with van der Waals surface area (Å²) in [5.41, 5.74) is 9.61. The Morgan fingerprint density at radius 1 is 1.02 bits per heavy atom. The van der Waals surface area contributed by atoms with Crippen LogP contribution >= 0.6 is 0 Å². The van der Waals surface area contributed by atoms with Crippen LogP contribution in [0.4, 0.5) is 0 Å². The largest absolute Gasteiger partial charge is 0.388 e. The number of aryl methyl sites for hydroxylation is 1. The van der Waals surface area contributed by atoms with Crippen LogP contribution in [0.15, 0.2) is 65.7 Å². The van der Waals surface area contributed by atoms with Crippen molar-refractivity contribution in [2.75, 3.05) is 26.2 Å². The van der Waals surface area contributed by atoms with Crippen LogP contribution in [0.3, 0.4) is 0 Å². The third-order valence-electron chi connectivity index (χ3n) is 9.44. The van der Waals surface area contributed by atoms with Gasteiger partial charge < -0.3 is 15.7 Å². The van der Waals surface area contributed by atoms with Gasteiger partial charge in [-0.3, -0.25) is 23.7 Å². The summed E-state index contributed by atoms with van der Waals surface area (Å²) in [4.78, 5) is 35.4. The Bertz CT molecular complexity index is 1650. The van der Waals surface area contributed by atoms with E-state index in [9.17, 15) is 14.7 Å². The maximum Gasteiger partial charge on any atom is 0.281 e. The van der Waals surface area contributed by atoms with E-state index >= 15 is 0 Å². The monoisotopic (exact) mass is 597 g/mol. The molecule has 2 aromatic heterocycles. The topological polar surface area (TPSA) is 123 Å². The number of carbonyl (C=O) groups excluding carboxylic acids is 1. The number of likely N-dealkylation sites (tertiary alicyclic amines) is 2. The molecule has 10 nitrogen and oxygen atoms in total. The molecule has 6 rings (SSSR count). The third kappa shape index (κ3) is 6.47. The van der Waals surface area contributed by atoms with Gasteiger partial charge in [0, 0.05) is 44.7 Å². The first-order valence-corrected chi connectivity index (χ1v) is 15.7. The van der Waals surface area contributed by atoms with Gasteiger partial charge in [0.15, 0.2) is 5.52 Å². The first-order chi connectivity index (χ1) is 21.2. The highest BCUT2D eigenvalue weighted by Gasteiger charge is 2.35. The quantitative estimate of drug-likeness (QED) is 0.320. The maximum atomic E-state index is 13.5. The lowest BCUT2D eigenvalue weighted by Crippen LogP contribution is -2.49. The van der Waals surface area contributed by atoms with Crippen molar-refractivity contribution >= 4 is 16.9 Å². The second-order valence-electron chi connectivity index (χ2n) is 12.8. The summed E-state index contributed by atoms with van der Waals surface area (Å²) in [6, 6.07) is 18.7. The molecule has 0 aliphatic carbocycles. The van der Waals surface area contributed by atoms with E-state index in [1.54, 1.807) is 4.68 Å². The molecule has 0 bridgehead atoms. The molecule has 0 radical (unpaired) electrons. The summed E-state index contributed by atoms with van der Waals surface area (Å²) in [5.74, 6) is 0.218. The maximum absolute atomic E-state index is 13.5. The van der Waals surface area contributed by atoms with Crippen molar-refractivity contribution in [3.05, 3.63) is 82.4 Å². The fourth-order valence-corrected chi connectivity index (χ4v) is 6.61. The van der Waals surface area contributed by atoms with E-state index in [0.717, 1.165) is 49.3 Å². The van der Waals surface area contributed by atoms with E-state index < -0.39 is 5.60 Å². The lowest BCUT2D eigenvalue weighted by atomic mass is 9.90. The zero-order valence-corrected chi connectivity index (χ0v) is 25.7. The van der Waals surface area contributed by atoms with Gasteiger partial charge in [-0.1, -0.05) is 61.5 Å². The fourth-order valence-electron chi connectivity index (χ4n) is 6.61. The number of aliphatic hydroxyl groups is 1. The molecule has 0 unspecified atom stereocenters. The molecule has 2 aromatic carbocycles. The molecule has 2 fully saturated rings. The smallest absolute Gasteiger partial charge is 0.281 e. The van der Waals surface area contributed by atoms with Crippen LogP contribution in [0, 0.1) is 0 Å². The molecule has 4 heterocycles. The molecule has 2 saturated heterocycles. The van der Waals surface area contributed by atoms with Gasteiger partial charge in [-0.2, -0.15) is 5.10 Å². The molecule has 0 saturated carbocycles. The van der Waals surface area contributed by atoms with Crippen LogP contribution in [-0.4, -0.2) is 78.0 Å². The van der Waals surface area contributed by atoms with Gasteiger partial charge in [0.1, 0.15) is 5.52 Å². The van der Waals surface area contributed by atoms with Crippen molar-refractivity contribution in [1.82, 2.24) is 29.1 Å². The molecule has 3 N–H and O–H groups in total. The minimum atomic E-state index is -1.10. The minimum Gasteiger partial charge on any atom is -0.388 e. The van der Waals surface area contributed by atoms with E-state index in [1.807, 2.05) is 42.3 Å². The molecule has 1 amide bonds. The van der Waals surface area contributed by atoms with Crippen molar-refractivity contribution < 1.29 is 9.90 Å². The molecular weight excluding hydrogens is 554 g/mol. The van der Waals surface area contributed by atoms with Crippen molar-refractivity contribution in [3.8, 4) is 11.3 Å². The molecule has 0 spiro atoms. The van der Waals surface area contributed by atoms with E-state index in [0.29, 0.717) is 43.9 Å². The van der Waals surface area contributed by atoms with Crippen LogP contribution in [-0.2, 0) is 24.9 Å². The Morgan fingerprint density at radius 3 is 2.39 bits per heavy atom. The van der Waals surface area contributed by atoms with Gasteiger partial charge in [-0.25, -0.2) is 4.98 Å². The first-order valence-electron chi connectivity index (χ1n) is 15.7. The number of hydrogen-bond acceptors (Lipinski definition) is 7. The molecule has 4 aromatic rings. The first kappa shape index (κ1) is 30.2. The molecule has 1 atom stereocenters. The number of benzene rings is 2. The number of nitrogens with two attached hydrogens (primary N) is 1. The van der Waals surface area contributed by atoms with Gasteiger partial charge >= 0.3 is 0 Å². The van der Waals surface area contributed by atoms with Crippen LogP contribution in [0.2, 0.25) is 0 Å².